The first-order valence-corrected chi connectivity index (χ1v) is 6.39. The number of thioether (sulfide) groups is 1. The zero-order valence-electron chi connectivity index (χ0n) is 9.14. The lowest BCUT2D eigenvalue weighted by atomic mass is 10.2. The van der Waals surface area contributed by atoms with Crippen LogP contribution in [0.25, 0.3) is 0 Å². The number of benzene rings is 1. The Balaban J connectivity index is 2.23. The van der Waals surface area contributed by atoms with Gasteiger partial charge in [-0.1, -0.05) is 11.6 Å². The maximum Gasteiger partial charge on any atom is 0.318 e. The summed E-state index contributed by atoms with van der Waals surface area (Å²) < 4.78 is 5.25. The van der Waals surface area contributed by atoms with Crippen molar-refractivity contribution < 1.29 is 14.6 Å². The molecule has 6 heteroatoms. The molecular formula is C11H12ClNO3S. The molecule has 4 nitrogen and oxygen atoms in total. The average Bonchev–Trinajstić information content (AvgIpc) is 2.78. The van der Waals surface area contributed by atoms with Gasteiger partial charge in [-0.25, -0.2) is 0 Å². The highest BCUT2D eigenvalue weighted by Gasteiger charge is 2.32. The lowest BCUT2D eigenvalue weighted by Crippen LogP contribution is -2.21. The van der Waals surface area contributed by atoms with Gasteiger partial charge in [-0.05, 0) is 18.2 Å². The van der Waals surface area contributed by atoms with Crippen molar-refractivity contribution in [3.8, 4) is 5.75 Å². The highest BCUT2D eigenvalue weighted by Crippen LogP contribution is 2.40. The van der Waals surface area contributed by atoms with Crippen molar-refractivity contribution in [2.24, 2.45) is 0 Å². The van der Waals surface area contributed by atoms with Crippen LogP contribution in [0.1, 0.15) is 10.9 Å². The first-order valence-electron chi connectivity index (χ1n) is 5.07. The highest BCUT2D eigenvalue weighted by molar-refractivity contribution is 8.01. The second-order valence-corrected chi connectivity index (χ2v) is 5.39. The number of ether oxygens (including phenoxy) is 1. The molecule has 92 valence electrons. The highest BCUT2D eigenvalue weighted by atomic mass is 35.5. The first kappa shape index (κ1) is 12.5. The Hall–Kier alpha value is -0.910. The maximum atomic E-state index is 10.9. The number of hydrogen-bond donors (Lipinski definition) is 2. The minimum absolute atomic E-state index is 0.0928. The summed E-state index contributed by atoms with van der Waals surface area (Å²) in [5.41, 5.74) is 0.883. The molecule has 1 saturated heterocycles. The summed E-state index contributed by atoms with van der Waals surface area (Å²) in [4.78, 5) is 10.9. The molecule has 1 heterocycles. The average molecular weight is 274 g/mol. The third kappa shape index (κ3) is 2.68. The third-order valence-electron chi connectivity index (χ3n) is 2.54. The van der Waals surface area contributed by atoms with Gasteiger partial charge >= 0.3 is 5.97 Å². The number of carboxylic acids is 1. The fourth-order valence-corrected chi connectivity index (χ4v) is 3.05. The molecule has 0 spiro atoms. The molecule has 1 aromatic rings. The van der Waals surface area contributed by atoms with Crippen molar-refractivity contribution >= 4 is 29.3 Å². The number of carbonyl (C=O) groups is 1. The van der Waals surface area contributed by atoms with E-state index in [0.717, 1.165) is 5.56 Å². The van der Waals surface area contributed by atoms with Crippen molar-refractivity contribution in [1.82, 2.24) is 5.32 Å². The number of carboxylic acid groups (broad SMARTS) is 1. The molecule has 1 aliphatic rings. The number of nitrogens with one attached hydrogen (secondary N) is 1. The molecule has 2 rings (SSSR count). The Morgan fingerprint density at radius 1 is 1.65 bits per heavy atom. The summed E-state index contributed by atoms with van der Waals surface area (Å²) in [7, 11) is 1.58. The van der Waals surface area contributed by atoms with Crippen LogP contribution in [-0.2, 0) is 4.79 Å². The van der Waals surface area contributed by atoms with E-state index in [2.05, 4.69) is 5.32 Å². The van der Waals surface area contributed by atoms with Gasteiger partial charge in [0.05, 0.1) is 12.5 Å². The molecule has 0 bridgehead atoms. The predicted molar refractivity (Wildman–Crippen MR) is 67.8 cm³/mol. The van der Waals surface area contributed by atoms with Crippen LogP contribution in [-0.4, -0.2) is 30.0 Å². The smallest absolute Gasteiger partial charge is 0.318 e. The van der Waals surface area contributed by atoms with Gasteiger partial charge in [0.15, 0.2) is 0 Å². The molecule has 0 aromatic heterocycles. The zero-order valence-corrected chi connectivity index (χ0v) is 10.7. The van der Waals surface area contributed by atoms with Gasteiger partial charge in [0.1, 0.15) is 11.0 Å². The minimum Gasteiger partial charge on any atom is -0.496 e. The quantitative estimate of drug-likeness (QED) is 0.884. The van der Waals surface area contributed by atoms with Crippen molar-refractivity contribution in [3.05, 3.63) is 28.8 Å². The Labute approximate surface area is 108 Å². The van der Waals surface area contributed by atoms with Gasteiger partial charge in [-0.3, -0.25) is 10.1 Å². The molecule has 2 atom stereocenters. The van der Waals surface area contributed by atoms with Crippen LogP contribution in [0, 0.1) is 0 Å². The zero-order chi connectivity index (χ0) is 12.4. The molecule has 0 aliphatic carbocycles. The summed E-state index contributed by atoms with van der Waals surface area (Å²) in [6.07, 6.45) is 0. The molecular weight excluding hydrogens is 262 g/mol. The molecule has 1 aliphatic heterocycles. The van der Waals surface area contributed by atoms with Gasteiger partial charge in [0, 0.05) is 17.1 Å². The van der Waals surface area contributed by atoms with E-state index in [4.69, 9.17) is 21.4 Å². The molecule has 0 unspecified atom stereocenters. The van der Waals surface area contributed by atoms with Crippen LogP contribution in [0.5, 0.6) is 5.75 Å². The fourth-order valence-electron chi connectivity index (χ4n) is 1.71. The van der Waals surface area contributed by atoms with Crippen molar-refractivity contribution in [3.63, 3.8) is 0 Å². The Kier molecular flexibility index (Phi) is 3.81. The SMILES string of the molecule is COc1ccc(Cl)cc1[C@@H]1NC[C@@H](C(=O)O)S1. The van der Waals surface area contributed by atoms with E-state index in [-0.39, 0.29) is 5.37 Å². The van der Waals surface area contributed by atoms with Crippen LogP contribution >= 0.6 is 23.4 Å². The van der Waals surface area contributed by atoms with E-state index in [1.807, 2.05) is 0 Å². The molecule has 2 N–H and O–H groups in total. The monoisotopic (exact) mass is 273 g/mol. The normalized spacial score (nSPS) is 23.6. The summed E-state index contributed by atoms with van der Waals surface area (Å²) >= 11 is 7.30. The lowest BCUT2D eigenvalue weighted by Gasteiger charge is -2.14. The van der Waals surface area contributed by atoms with Gasteiger partial charge in [-0.2, -0.15) is 0 Å². The Bertz CT molecular complexity index is 441. The number of aliphatic carboxylic acids is 1. The Morgan fingerprint density at radius 3 is 3.00 bits per heavy atom. The van der Waals surface area contributed by atoms with Gasteiger partial charge < -0.3 is 9.84 Å². The molecule has 0 amide bonds. The largest absolute Gasteiger partial charge is 0.496 e. The molecule has 1 fully saturated rings. The fraction of sp³-hybridized carbons (Fsp3) is 0.364. The van der Waals surface area contributed by atoms with Crippen molar-refractivity contribution in [2.45, 2.75) is 10.6 Å². The molecule has 17 heavy (non-hydrogen) atoms. The Morgan fingerprint density at radius 2 is 2.41 bits per heavy atom. The molecule has 0 radical (unpaired) electrons. The summed E-state index contributed by atoms with van der Waals surface area (Å²) in [6.45, 7) is 0.445. The van der Waals surface area contributed by atoms with E-state index in [0.29, 0.717) is 17.3 Å². The summed E-state index contributed by atoms with van der Waals surface area (Å²) in [6, 6.07) is 5.33. The van der Waals surface area contributed by atoms with Crippen molar-refractivity contribution in [1.29, 1.82) is 0 Å². The van der Waals surface area contributed by atoms with E-state index in [9.17, 15) is 4.79 Å². The number of halogens is 1. The van der Waals surface area contributed by atoms with Crippen LogP contribution in [0.15, 0.2) is 18.2 Å². The van der Waals surface area contributed by atoms with Crippen LogP contribution in [0.2, 0.25) is 5.02 Å². The number of hydrogen-bond acceptors (Lipinski definition) is 4. The van der Waals surface area contributed by atoms with E-state index < -0.39 is 11.2 Å². The van der Waals surface area contributed by atoms with Gasteiger partial charge in [-0.15, -0.1) is 11.8 Å². The van der Waals surface area contributed by atoms with E-state index in [1.54, 1.807) is 25.3 Å². The second kappa shape index (κ2) is 5.16. The van der Waals surface area contributed by atoms with Gasteiger partial charge in [0.25, 0.3) is 0 Å². The van der Waals surface area contributed by atoms with Crippen LogP contribution in [0.3, 0.4) is 0 Å². The minimum atomic E-state index is -0.800. The molecule has 1 aromatic carbocycles. The van der Waals surface area contributed by atoms with Crippen LogP contribution < -0.4 is 10.1 Å². The summed E-state index contributed by atoms with van der Waals surface area (Å²) in [5, 5.41) is 12.2. The van der Waals surface area contributed by atoms with Crippen molar-refractivity contribution in [2.75, 3.05) is 13.7 Å². The molecule has 0 saturated carbocycles. The second-order valence-electron chi connectivity index (χ2n) is 3.64. The third-order valence-corrected chi connectivity index (χ3v) is 4.16. The van der Waals surface area contributed by atoms with Crippen LogP contribution in [0.4, 0.5) is 0 Å². The topological polar surface area (TPSA) is 58.6 Å². The number of rotatable bonds is 3. The lowest BCUT2D eigenvalue weighted by molar-refractivity contribution is -0.136. The van der Waals surface area contributed by atoms with E-state index in [1.165, 1.54) is 11.8 Å². The predicted octanol–water partition coefficient (Wildman–Crippen LogP) is 2.14. The van der Waals surface area contributed by atoms with Gasteiger partial charge in [0.2, 0.25) is 0 Å². The standard InChI is InChI=1S/C11H12ClNO3S/c1-16-8-3-2-6(12)4-7(8)10-13-5-9(17-10)11(14)15/h2-4,9-10,13H,5H2,1H3,(H,14,15)/t9-,10+/m0/s1. The maximum absolute atomic E-state index is 10.9. The summed E-state index contributed by atoms with van der Waals surface area (Å²) in [5.74, 6) is -0.0866. The first-order chi connectivity index (χ1) is 8.11. The number of methoxy groups -OCH3 is 1. The van der Waals surface area contributed by atoms with E-state index >= 15 is 0 Å².